The molecule has 0 amide bonds. The Kier molecular flexibility index (Phi) is 2.79. The lowest BCUT2D eigenvalue weighted by atomic mass is 10.00. The Morgan fingerprint density at radius 2 is 1.62 bits per heavy atom. The fourth-order valence-electron chi connectivity index (χ4n) is 1.64. The molecule has 3 heteroatoms. The number of hydrogen-bond donors (Lipinski definition) is 3. The first-order chi connectivity index (χ1) is 7.68. The number of anilines is 2. The van der Waals surface area contributed by atoms with Crippen molar-refractivity contribution < 1.29 is 5.11 Å². The van der Waals surface area contributed by atoms with Crippen LogP contribution in [0.15, 0.2) is 48.5 Å². The van der Waals surface area contributed by atoms with Gasteiger partial charge >= 0.3 is 0 Å². The molecular weight excluding hydrogens is 200 g/mol. The van der Waals surface area contributed by atoms with Crippen molar-refractivity contribution in [2.75, 3.05) is 11.5 Å². The first-order valence-corrected chi connectivity index (χ1v) is 5.06. The minimum Gasteiger partial charge on any atom is -0.399 e. The van der Waals surface area contributed by atoms with Gasteiger partial charge in [-0.15, -0.1) is 0 Å². The predicted molar refractivity (Wildman–Crippen MR) is 65.8 cm³/mol. The summed E-state index contributed by atoms with van der Waals surface area (Å²) >= 11 is 0. The highest BCUT2D eigenvalue weighted by Gasteiger charge is 2.13. The number of aliphatic hydroxyl groups is 1. The van der Waals surface area contributed by atoms with Crippen LogP contribution in [0.3, 0.4) is 0 Å². The van der Waals surface area contributed by atoms with Crippen LogP contribution < -0.4 is 11.5 Å². The molecule has 0 saturated heterocycles. The van der Waals surface area contributed by atoms with E-state index in [0.717, 1.165) is 5.56 Å². The van der Waals surface area contributed by atoms with Gasteiger partial charge in [-0.1, -0.05) is 30.3 Å². The van der Waals surface area contributed by atoms with Gasteiger partial charge in [-0.2, -0.15) is 0 Å². The molecule has 2 aromatic carbocycles. The van der Waals surface area contributed by atoms with Crippen LogP contribution in [-0.4, -0.2) is 5.11 Å². The highest BCUT2D eigenvalue weighted by molar-refractivity contribution is 5.57. The summed E-state index contributed by atoms with van der Waals surface area (Å²) < 4.78 is 0. The molecule has 2 rings (SSSR count). The summed E-state index contributed by atoms with van der Waals surface area (Å²) in [6.07, 6.45) is -0.732. The lowest BCUT2D eigenvalue weighted by molar-refractivity contribution is 0.221. The normalized spacial score (nSPS) is 12.3. The van der Waals surface area contributed by atoms with Crippen molar-refractivity contribution in [3.05, 3.63) is 59.7 Å². The molecule has 0 heterocycles. The van der Waals surface area contributed by atoms with Crippen molar-refractivity contribution in [2.24, 2.45) is 0 Å². The van der Waals surface area contributed by atoms with Crippen LogP contribution in [0.5, 0.6) is 0 Å². The second kappa shape index (κ2) is 4.24. The summed E-state index contributed by atoms with van der Waals surface area (Å²) in [6, 6.07) is 14.5. The summed E-state index contributed by atoms with van der Waals surface area (Å²) in [7, 11) is 0. The quantitative estimate of drug-likeness (QED) is 0.669. The van der Waals surface area contributed by atoms with Crippen LogP contribution >= 0.6 is 0 Å². The number of rotatable bonds is 2. The molecule has 82 valence electrons. The third kappa shape index (κ3) is 1.99. The van der Waals surface area contributed by atoms with Crippen molar-refractivity contribution in [1.82, 2.24) is 0 Å². The van der Waals surface area contributed by atoms with E-state index in [1.54, 1.807) is 18.2 Å². The van der Waals surface area contributed by atoms with Gasteiger partial charge < -0.3 is 16.6 Å². The molecule has 0 spiro atoms. The average Bonchev–Trinajstić information content (AvgIpc) is 2.32. The standard InChI is InChI=1S/C13H14N2O/c14-10-6-7-12(15)11(8-10)13(16)9-4-2-1-3-5-9/h1-8,13,16H,14-15H2/t13-/m1/s1. The number of nitrogens with two attached hydrogens (primary N) is 2. The molecule has 0 saturated carbocycles. The predicted octanol–water partition coefficient (Wildman–Crippen LogP) is 1.93. The van der Waals surface area contributed by atoms with Crippen molar-refractivity contribution in [3.8, 4) is 0 Å². The number of benzene rings is 2. The largest absolute Gasteiger partial charge is 0.399 e. The molecule has 0 aliphatic heterocycles. The monoisotopic (exact) mass is 214 g/mol. The van der Waals surface area contributed by atoms with E-state index in [4.69, 9.17) is 11.5 Å². The topological polar surface area (TPSA) is 72.3 Å². The molecule has 0 unspecified atom stereocenters. The summed E-state index contributed by atoms with van der Waals surface area (Å²) in [5.74, 6) is 0. The Bertz CT molecular complexity index is 483. The zero-order valence-corrected chi connectivity index (χ0v) is 8.80. The van der Waals surface area contributed by atoms with Crippen LogP contribution in [0.4, 0.5) is 11.4 Å². The Balaban J connectivity index is 2.41. The van der Waals surface area contributed by atoms with Gasteiger partial charge in [0.25, 0.3) is 0 Å². The van der Waals surface area contributed by atoms with Gasteiger partial charge in [-0.3, -0.25) is 0 Å². The third-order valence-corrected chi connectivity index (χ3v) is 2.52. The van der Waals surface area contributed by atoms with Gasteiger partial charge in [0.15, 0.2) is 0 Å². The molecule has 0 aromatic heterocycles. The van der Waals surface area contributed by atoms with Crippen LogP contribution in [0, 0.1) is 0 Å². The fourth-order valence-corrected chi connectivity index (χ4v) is 1.64. The number of nitrogen functional groups attached to an aromatic ring is 2. The maximum Gasteiger partial charge on any atom is 0.106 e. The van der Waals surface area contributed by atoms with Crippen molar-refractivity contribution in [3.63, 3.8) is 0 Å². The smallest absolute Gasteiger partial charge is 0.106 e. The molecule has 3 nitrogen and oxygen atoms in total. The number of hydrogen-bond acceptors (Lipinski definition) is 3. The van der Waals surface area contributed by atoms with Gasteiger partial charge in [0, 0.05) is 16.9 Å². The van der Waals surface area contributed by atoms with Gasteiger partial charge in [-0.05, 0) is 23.8 Å². The van der Waals surface area contributed by atoms with E-state index in [0.29, 0.717) is 16.9 Å². The Hall–Kier alpha value is -2.00. The van der Waals surface area contributed by atoms with Crippen molar-refractivity contribution in [2.45, 2.75) is 6.10 Å². The minimum atomic E-state index is -0.732. The highest BCUT2D eigenvalue weighted by Crippen LogP contribution is 2.27. The van der Waals surface area contributed by atoms with Gasteiger partial charge in [0.2, 0.25) is 0 Å². The van der Waals surface area contributed by atoms with Gasteiger partial charge in [-0.25, -0.2) is 0 Å². The van der Waals surface area contributed by atoms with Crippen molar-refractivity contribution >= 4 is 11.4 Å². The maximum absolute atomic E-state index is 10.2. The summed E-state index contributed by atoms with van der Waals surface area (Å²) in [5, 5.41) is 10.2. The minimum absolute atomic E-state index is 0.547. The van der Waals surface area contributed by atoms with E-state index in [1.807, 2.05) is 30.3 Å². The van der Waals surface area contributed by atoms with Crippen LogP contribution in [0.2, 0.25) is 0 Å². The summed E-state index contributed by atoms with van der Waals surface area (Å²) in [6.45, 7) is 0. The lowest BCUT2D eigenvalue weighted by Crippen LogP contribution is -2.04. The first kappa shape index (κ1) is 10.5. The van der Waals surface area contributed by atoms with Crippen molar-refractivity contribution in [1.29, 1.82) is 0 Å². The average molecular weight is 214 g/mol. The Morgan fingerprint density at radius 1 is 0.938 bits per heavy atom. The van der Waals surface area contributed by atoms with E-state index < -0.39 is 6.10 Å². The molecule has 0 aliphatic rings. The second-order valence-corrected chi connectivity index (χ2v) is 3.70. The molecule has 16 heavy (non-hydrogen) atoms. The fraction of sp³-hybridized carbons (Fsp3) is 0.0769. The molecule has 5 N–H and O–H groups in total. The zero-order chi connectivity index (χ0) is 11.5. The first-order valence-electron chi connectivity index (χ1n) is 5.06. The molecule has 0 aliphatic carbocycles. The summed E-state index contributed by atoms with van der Waals surface area (Å²) in [4.78, 5) is 0. The SMILES string of the molecule is Nc1ccc(N)c([C@H](O)c2ccccc2)c1. The summed E-state index contributed by atoms with van der Waals surface area (Å²) in [5.41, 5.74) is 14.1. The van der Waals surface area contributed by atoms with Gasteiger partial charge in [0.05, 0.1) is 0 Å². The van der Waals surface area contributed by atoms with E-state index in [2.05, 4.69) is 0 Å². The van der Waals surface area contributed by atoms with E-state index in [9.17, 15) is 5.11 Å². The molecular formula is C13H14N2O. The van der Waals surface area contributed by atoms with E-state index >= 15 is 0 Å². The van der Waals surface area contributed by atoms with E-state index in [1.165, 1.54) is 0 Å². The molecule has 0 bridgehead atoms. The zero-order valence-electron chi connectivity index (χ0n) is 8.80. The second-order valence-electron chi connectivity index (χ2n) is 3.70. The highest BCUT2D eigenvalue weighted by atomic mass is 16.3. The lowest BCUT2D eigenvalue weighted by Gasteiger charge is -2.14. The maximum atomic E-state index is 10.2. The Morgan fingerprint density at radius 3 is 2.31 bits per heavy atom. The number of aliphatic hydroxyl groups excluding tert-OH is 1. The third-order valence-electron chi connectivity index (χ3n) is 2.52. The van der Waals surface area contributed by atoms with Gasteiger partial charge in [0.1, 0.15) is 6.10 Å². The van der Waals surface area contributed by atoms with Crippen LogP contribution in [0.1, 0.15) is 17.2 Å². The van der Waals surface area contributed by atoms with E-state index in [-0.39, 0.29) is 0 Å². The molecule has 1 atom stereocenters. The van der Waals surface area contributed by atoms with Crippen LogP contribution in [0.25, 0.3) is 0 Å². The Labute approximate surface area is 94.3 Å². The molecule has 2 aromatic rings. The molecule has 0 radical (unpaired) electrons. The molecule has 0 fully saturated rings. The van der Waals surface area contributed by atoms with Crippen LogP contribution in [-0.2, 0) is 0 Å².